The maximum Gasteiger partial charge on any atom is 0.274 e. The number of fused-ring (bicyclic) bond motifs is 1. The molecule has 0 unspecified atom stereocenters. The van der Waals surface area contributed by atoms with Crippen molar-refractivity contribution in [3.63, 3.8) is 0 Å². The van der Waals surface area contributed by atoms with Gasteiger partial charge in [-0.2, -0.15) is 5.10 Å². The molecule has 2 aromatic heterocycles. The van der Waals surface area contributed by atoms with E-state index in [1.807, 2.05) is 44.1 Å². The average molecular weight is 448 g/mol. The number of hydrogen-bond donors (Lipinski definition) is 0. The van der Waals surface area contributed by atoms with Gasteiger partial charge in [0.2, 0.25) is 0 Å². The van der Waals surface area contributed by atoms with Crippen molar-refractivity contribution in [2.45, 2.75) is 25.8 Å². The molecule has 8 heteroatoms. The third-order valence-corrected chi connectivity index (χ3v) is 6.85. The summed E-state index contributed by atoms with van der Waals surface area (Å²) in [7, 11) is 3.75. The van der Waals surface area contributed by atoms with Crippen LogP contribution in [0.5, 0.6) is 0 Å². The SMILES string of the molecule is Cc1cc(C(=O)N(C)C2CCN(c3nc4ccc(Br)cc4s3)CC2)nn1C. The van der Waals surface area contributed by atoms with E-state index in [4.69, 9.17) is 4.98 Å². The summed E-state index contributed by atoms with van der Waals surface area (Å²) in [6, 6.07) is 8.28. The van der Waals surface area contributed by atoms with Crippen molar-refractivity contribution in [2.24, 2.45) is 7.05 Å². The second-order valence-electron chi connectivity index (χ2n) is 7.04. The van der Waals surface area contributed by atoms with Crippen LogP contribution >= 0.6 is 27.3 Å². The van der Waals surface area contributed by atoms with Gasteiger partial charge in [-0.15, -0.1) is 0 Å². The highest BCUT2D eigenvalue weighted by molar-refractivity contribution is 9.10. The molecule has 27 heavy (non-hydrogen) atoms. The number of anilines is 1. The second-order valence-corrected chi connectivity index (χ2v) is 8.96. The second kappa shape index (κ2) is 7.24. The molecule has 3 aromatic rings. The molecule has 1 fully saturated rings. The summed E-state index contributed by atoms with van der Waals surface area (Å²) in [5, 5.41) is 5.39. The Balaban J connectivity index is 1.42. The lowest BCUT2D eigenvalue weighted by Gasteiger charge is -2.36. The normalized spacial score (nSPS) is 15.5. The van der Waals surface area contributed by atoms with Gasteiger partial charge >= 0.3 is 0 Å². The molecule has 1 aliphatic heterocycles. The Bertz CT molecular complexity index is 970. The van der Waals surface area contributed by atoms with Crippen molar-refractivity contribution in [3.05, 3.63) is 40.1 Å². The summed E-state index contributed by atoms with van der Waals surface area (Å²) in [6.07, 6.45) is 1.88. The maximum atomic E-state index is 12.7. The van der Waals surface area contributed by atoms with Crippen LogP contribution in [0.15, 0.2) is 28.7 Å². The van der Waals surface area contributed by atoms with E-state index in [1.165, 1.54) is 4.70 Å². The van der Waals surface area contributed by atoms with Gasteiger partial charge in [-0.1, -0.05) is 27.3 Å². The minimum atomic E-state index is 0.00184. The fourth-order valence-corrected chi connectivity index (χ4v) is 5.05. The summed E-state index contributed by atoms with van der Waals surface area (Å²) in [5.41, 5.74) is 2.55. The molecule has 142 valence electrons. The number of benzene rings is 1. The Morgan fingerprint density at radius 3 is 2.70 bits per heavy atom. The number of rotatable bonds is 3. The van der Waals surface area contributed by atoms with Crippen molar-refractivity contribution in [3.8, 4) is 0 Å². The molecule has 0 radical (unpaired) electrons. The number of amides is 1. The van der Waals surface area contributed by atoms with Crippen LogP contribution in [-0.2, 0) is 7.05 Å². The first-order chi connectivity index (χ1) is 12.9. The Morgan fingerprint density at radius 1 is 1.30 bits per heavy atom. The number of hydrogen-bond acceptors (Lipinski definition) is 5. The van der Waals surface area contributed by atoms with E-state index < -0.39 is 0 Å². The summed E-state index contributed by atoms with van der Waals surface area (Å²) in [5.74, 6) is 0.00184. The number of nitrogens with zero attached hydrogens (tertiary/aromatic N) is 5. The predicted molar refractivity (Wildman–Crippen MR) is 113 cm³/mol. The molecule has 4 rings (SSSR count). The van der Waals surface area contributed by atoms with Gasteiger partial charge in [-0.25, -0.2) is 4.98 Å². The zero-order valence-corrected chi connectivity index (χ0v) is 18.0. The molecule has 0 spiro atoms. The zero-order valence-electron chi connectivity index (χ0n) is 15.6. The van der Waals surface area contributed by atoms with Gasteiger partial charge in [0.1, 0.15) is 0 Å². The molecule has 1 amide bonds. The van der Waals surface area contributed by atoms with E-state index in [2.05, 4.69) is 32.0 Å². The van der Waals surface area contributed by atoms with Crippen LogP contribution in [0.1, 0.15) is 29.0 Å². The number of piperidine rings is 1. The molecular weight excluding hydrogens is 426 g/mol. The number of carbonyl (C=O) groups excluding carboxylic acids is 1. The molecule has 1 saturated heterocycles. The Labute approximate surface area is 170 Å². The fourth-order valence-electron chi connectivity index (χ4n) is 3.48. The lowest BCUT2D eigenvalue weighted by atomic mass is 10.0. The monoisotopic (exact) mass is 447 g/mol. The van der Waals surface area contributed by atoms with Crippen molar-refractivity contribution in [1.82, 2.24) is 19.7 Å². The molecule has 0 saturated carbocycles. The van der Waals surface area contributed by atoms with Crippen LogP contribution in [0.4, 0.5) is 5.13 Å². The Hall–Kier alpha value is -1.93. The molecule has 0 bridgehead atoms. The van der Waals surface area contributed by atoms with Gasteiger partial charge in [0.25, 0.3) is 5.91 Å². The third kappa shape index (κ3) is 3.60. The number of aromatic nitrogens is 3. The van der Waals surface area contributed by atoms with Crippen molar-refractivity contribution in [2.75, 3.05) is 25.0 Å². The van der Waals surface area contributed by atoms with Crippen LogP contribution < -0.4 is 4.90 Å². The van der Waals surface area contributed by atoms with Gasteiger partial charge in [-0.3, -0.25) is 9.48 Å². The molecule has 0 aliphatic carbocycles. The summed E-state index contributed by atoms with van der Waals surface area (Å²) >= 11 is 5.25. The highest BCUT2D eigenvalue weighted by Crippen LogP contribution is 2.32. The van der Waals surface area contributed by atoms with Crippen molar-refractivity contribution in [1.29, 1.82) is 0 Å². The lowest BCUT2D eigenvalue weighted by Crippen LogP contribution is -2.45. The average Bonchev–Trinajstić information content (AvgIpc) is 3.23. The van der Waals surface area contributed by atoms with E-state index >= 15 is 0 Å². The largest absolute Gasteiger partial charge is 0.348 e. The lowest BCUT2D eigenvalue weighted by molar-refractivity contribution is 0.0702. The van der Waals surface area contributed by atoms with E-state index in [1.54, 1.807) is 16.0 Å². The van der Waals surface area contributed by atoms with Gasteiger partial charge in [0.15, 0.2) is 10.8 Å². The van der Waals surface area contributed by atoms with E-state index in [0.29, 0.717) is 5.69 Å². The molecule has 1 aliphatic rings. The van der Waals surface area contributed by atoms with Crippen LogP contribution in [0.2, 0.25) is 0 Å². The van der Waals surface area contributed by atoms with E-state index in [9.17, 15) is 4.79 Å². The molecule has 0 N–H and O–H groups in total. The standard InChI is InChI=1S/C19H22BrN5OS/c1-12-10-16(22-24(12)3)18(26)23(2)14-6-8-25(9-7-14)19-21-15-5-4-13(20)11-17(15)27-19/h4-5,10-11,14H,6-9H2,1-3H3. The number of thiazole rings is 1. The highest BCUT2D eigenvalue weighted by Gasteiger charge is 2.28. The Morgan fingerprint density at radius 2 is 2.04 bits per heavy atom. The number of carbonyl (C=O) groups is 1. The first kappa shape index (κ1) is 18.4. The third-order valence-electron chi connectivity index (χ3n) is 5.28. The van der Waals surface area contributed by atoms with Crippen molar-refractivity contribution < 1.29 is 4.79 Å². The number of halogens is 1. The molecule has 3 heterocycles. The summed E-state index contributed by atoms with van der Waals surface area (Å²) in [6.45, 7) is 3.77. The molecule has 0 atom stereocenters. The minimum absolute atomic E-state index is 0.00184. The first-order valence-corrected chi connectivity index (χ1v) is 10.6. The van der Waals surface area contributed by atoms with Gasteiger partial charge in [-0.05, 0) is 44.0 Å². The van der Waals surface area contributed by atoms with Gasteiger partial charge in [0, 0.05) is 43.4 Å². The van der Waals surface area contributed by atoms with E-state index in [0.717, 1.165) is 46.7 Å². The van der Waals surface area contributed by atoms with Crippen LogP contribution in [0.25, 0.3) is 10.2 Å². The molecule has 6 nitrogen and oxygen atoms in total. The number of aryl methyl sites for hydroxylation is 2. The van der Waals surface area contributed by atoms with Gasteiger partial charge in [0.05, 0.1) is 10.2 Å². The Kier molecular flexibility index (Phi) is 4.94. The topological polar surface area (TPSA) is 54.3 Å². The smallest absolute Gasteiger partial charge is 0.274 e. The van der Waals surface area contributed by atoms with Crippen LogP contribution in [0, 0.1) is 6.92 Å². The minimum Gasteiger partial charge on any atom is -0.348 e. The zero-order chi connectivity index (χ0) is 19.1. The van der Waals surface area contributed by atoms with E-state index in [-0.39, 0.29) is 11.9 Å². The maximum absolute atomic E-state index is 12.7. The molecule has 1 aromatic carbocycles. The molecular formula is C19H22BrN5OS. The van der Waals surface area contributed by atoms with Gasteiger partial charge < -0.3 is 9.80 Å². The predicted octanol–water partition coefficient (Wildman–Crippen LogP) is 3.84. The van der Waals surface area contributed by atoms with Crippen molar-refractivity contribution >= 4 is 48.5 Å². The quantitative estimate of drug-likeness (QED) is 0.611. The summed E-state index contributed by atoms with van der Waals surface area (Å²) in [4.78, 5) is 21.7. The first-order valence-electron chi connectivity index (χ1n) is 9.01. The highest BCUT2D eigenvalue weighted by atomic mass is 79.9. The van der Waals surface area contributed by atoms with Crippen LogP contribution in [-0.4, -0.2) is 51.8 Å². The van der Waals surface area contributed by atoms with Crippen LogP contribution in [0.3, 0.4) is 0 Å². The summed E-state index contributed by atoms with van der Waals surface area (Å²) < 4.78 is 4.02. The fraction of sp³-hybridized carbons (Fsp3) is 0.421.